The third kappa shape index (κ3) is 3.19. The molecule has 1 rings (SSSR count). The summed E-state index contributed by atoms with van der Waals surface area (Å²) in [5.41, 5.74) is 6.43. The number of nitrogens with two attached hydrogens (primary N) is 1. The van der Waals surface area contributed by atoms with E-state index in [0.29, 0.717) is 6.54 Å². The van der Waals surface area contributed by atoms with E-state index in [1.807, 2.05) is 6.07 Å². The molecule has 0 radical (unpaired) electrons. The summed E-state index contributed by atoms with van der Waals surface area (Å²) in [5.74, 6) is 5.94. The molecule has 2 N–H and O–H groups in total. The van der Waals surface area contributed by atoms with Crippen molar-refractivity contribution in [2.45, 2.75) is 6.54 Å². The number of rotatable bonds is 2. The Morgan fingerprint density at radius 2 is 2.31 bits per heavy atom. The van der Waals surface area contributed by atoms with Gasteiger partial charge in [0, 0.05) is 17.0 Å². The van der Waals surface area contributed by atoms with Gasteiger partial charge in [-0.3, -0.25) is 0 Å². The average Bonchev–Trinajstić information content (AvgIpc) is 2.48. The van der Waals surface area contributed by atoms with Gasteiger partial charge in [0.2, 0.25) is 0 Å². The first-order valence-electron chi connectivity index (χ1n) is 4.14. The van der Waals surface area contributed by atoms with Crippen LogP contribution in [-0.4, -0.2) is 25.5 Å². The highest BCUT2D eigenvalue weighted by atomic mass is 32.1. The number of nitrogens with zero attached hydrogens (tertiary/aromatic N) is 1. The molecule has 2 nitrogen and oxygen atoms in total. The zero-order valence-corrected chi connectivity index (χ0v) is 8.82. The van der Waals surface area contributed by atoms with Gasteiger partial charge in [-0.2, -0.15) is 0 Å². The summed E-state index contributed by atoms with van der Waals surface area (Å²) in [5, 5.41) is 2.07. The summed E-state index contributed by atoms with van der Waals surface area (Å²) < 4.78 is 0. The molecule has 0 saturated heterocycles. The van der Waals surface area contributed by atoms with Gasteiger partial charge in [0.1, 0.15) is 0 Å². The van der Waals surface area contributed by atoms with Crippen molar-refractivity contribution < 1.29 is 0 Å². The van der Waals surface area contributed by atoms with E-state index in [-0.39, 0.29) is 0 Å². The molecule has 0 spiro atoms. The molecule has 70 valence electrons. The normalized spacial score (nSPS) is 9.85. The molecule has 1 heterocycles. The van der Waals surface area contributed by atoms with Crippen LogP contribution in [0.2, 0.25) is 0 Å². The molecule has 0 atom stereocenters. The minimum Gasteiger partial charge on any atom is -0.320 e. The Balaban J connectivity index is 2.77. The van der Waals surface area contributed by atoms with Crippen molar-refractivity contribution in [3.8, 4) is 11.8 Å². The molecule has 0 aliphatic carbocycles. The van der Waals surface area contributed by atoms with Crippen LogP contribution in [0.15, 0.2) is 11.4 Å². The van der Waals surface area contributed by atoms with E-state index in [1.54, 1.807) is 11.3 Å². The molecule has 0 aromatic carbocycles. The summed E-state index contributed by atoms with van der Waals surface area (Å²) in [6.45, 7) is 1.38. The van der Waals surface area contributed by atoms with Crippen molar-refractivity contribution in [2.24, 2.45) is 5.73 Å². The van der Waals surface area contributed by atoms with Crippen molar-refractivity contribution in [2.75, 3.05) is 20.6 Å². The van der Waals surface area contributed by atoms with Crippen molar-refractivity contribution >= 4 is 11.3 Å². The van der Waals surface area contributed by atoms with Crippen LogP contribution >= 0.6 is 11.3 Å². The molecular weight excluding hydrogens is 180 g/mol. The molecule has 1 aromatic rings. The highest BCUT2D eigenvalue weighted by Crippen LogP contribution is 2.16. The predicted octanol–water partition coefficient (Wildman–Crippen LogP) is 1.12. The Hall–Kier alpha value is -0.820. The third-order valence-corrected chi connectivity index (χ3v) is 2.44. The fraction of sp³-hybridized carbons (Fsp3) is 0.400. The third-order valence-electron chi connectivity index (χ3n) is 1.53. The first kappa shape index (κ1) is 10.3. The molecule has 0 saturated carbocycles. The van der Waals surface area contributed by atoms with E-state index >= 15 is 0 Å². The number of hydrogen-bond donors (Lipinski definition) is 1. The summed E-state index contributed by atoms with van der Waals surface area (Å²) in [6, 6.07) is 2.05. The van der Waals surface area contributed by atoms with Crippen LogP contribution < -0.4 is 5.73 Å². The van der Waals surface area contributed by atoms with E-state index in [2.05, 4.69) is 36.2 Å². The Morgan fingerprint density at radius 1 is 1.54 bits per heavy atom. The Bertz CT molecular complexity index is 317. The van der Waals surface area contributed by atoms with Crippen LogP contribution in [0.4, 0.5) is 0 Å². The maximum absolute atomic E-state index is 5.32. The standard InChI is InChI=1S/C10H14N2S/c1-12(2)8-10-9(4-3-6-11)5-7-13-10/h5,7H,6,8,11H2,1-2H3. The smallest absolute Gasteiger partial charge is 0.0555 e. The van der Waals surface area contributed by atoms with E-state index in [0.717, 1.165) is 12.1 Å². The second kappa shape index (κ2) is 5.03. The van der Waals surface area contributed by atoms with E-state index < -0.39 is 0 Å². The molecule has 0 fully saturated rings. The minimum absolute atomic E-state index is 0.428. The Labute approximate surface area is 83.4 Å². The highest BCUT2D eigenvalue weighted by Gasteiger charge is 2.01. The topological polar surface area (TPSA) is 29.3 Å². The largest absolute Gasteiger partial charge is 0.320 e. The summed E-state index contributed by atoms with van der Waals surface area (Å²) >= 11 is 1.74. The molecule has 0 bridgehead atoms. The van der Waals surface area contributed by atoms with Gasteiger partial charge in [-0.05, 0) is 25.5 Å². The van der Waals surface area contributed by atoms with Crippen molar-refractivity contribution in [1.82, 2.24) is 4.90 Å². The summed E-state index contributed by atoms with van der Waals surface area (Å²) in [7, 11) is 4.11. The van der Waals surface area contributed by atoms with Crippen LogP contribution in [0.25, 0.3) is 0 Å². The first-order valence-corrected chi connectivity index (χ1v) is 5.02. The van der Waals surface area contributed by atoms with E-state index in [1.165, 1.54) is 4.88 Å². The number of hydrogen-bond acceptors (Lipinski definition) is 3. The van der Waals surface area contributed by atoms with Gasteiger partial charge < -0.3 is 10.6 Å². The zero-order chi connectivity index (χ0) is 9.68. The molecule has 1 aromatic heterocycles. The lowest BCUT2D eigenvalue weighted by atomic mass is 10.2. The first-order chi connectivity index (χ1) is 6.24. The summed E-state index contributed by atoms with van der Waals surface area (Å²) in [6.07, 6.45) is 0. The Kier molecular flexibility index (Phi) is 3.97. The van der Waals surface area contributed by atoms with Crippen molar-refractivity contribution in [3.05, 3.63) is 21.9 Å². The van der Waals surface area contributed by atoms with Gasteiger partial charge in [0.05, 0.1) is 6.54 Å². The van der Waals surface area contributed by atoms with Gasteiger partial charge in [0.15, 0.2) is 0 Å². The zero-order valence-electron chi connectivity index (χ0n) is 8.00. The van der Waals surface area contributed by atoms with Crippen LogP contribution in [0.1, 0.15) is 10.4 Å². The fourth-order valence-electron chi connectivity index (χ4n) is 1.01. The molecule has 3 heteroatoms. The van der Waals surface area contributed by atoms with Gasteiger partial charge in [-0.15, -0.1) is 11.3 Å². The second-order valence-electron chi connectivity index (χ2n) is 3.00. The van der Waals surface area contributed by atoms with Crippen molar-refractivity contribution in [1.29, 1.82) is 0 Å². The quantitative estimate of drug-likeness (QED) is 0.715. The van der Waals surface area contributed by atoms with Crippen LogP contribution in [0.5, 0.6) is 0 Å². The molecule has 0 amide bonds. The molecule has 0 unspecified atom stereocenters. The Morgan fingerprint density at radius 3 is 2.92 bits per heavy atom. The van der Waals surface area contributed by atoms with E-state index in [4.69, 9.17) is 5.73 Å². The highest BCUT2D eigenvalue weighted by molar-refractivity contribution is 7.10. The number of thiophene rings is 1. The molecule has 0 aliphatic rings. The van der Waals surface area contributed by atoms with Crippen LogP contribution in [-0.2, 0) is 6.54 Å². The lowest BCUT2D eigenvalue weighted by molar-refractivity contribution is 0.406. The van der Waals surface area contributed by atoms with Gasteiger partial charge in [0.25, 0.3) is 0 Å². The lowest BCUT2D eigenvalue weighted by Crippen LogP contribution is -2.10. The monoisotopic (exact) mass is 194 g/mol. The maximum Gasteiger partial charge on any atom is 0.0555 e. The van der Waals surface area contributed by atoms with Gasteiger partial charge in [-0.1, -0.05) is 11.8 Å². The molecule has 0 aliphatic heterocycles. The van der Waals surface area contributed by atoms with Crippen molar-refractivity contribution in [3.63, 3.8) is 0 Å². The molecule has 13 heavy (non-hydrogen) atoms. The summed E-state index contributed by atoms with van der Waals surface area (Å²) in [4.78, 5) is 3.45. The van der Waals surface area contributed by atoms with Gasteiger partial charge in [-0.25, -0.2) is 0 Å². The van der Waals surface area contributed by atoms with Crippen LogP contribution in [0.3, 0.4) is 0 Å². The van der Waals surface area contributed by atoms with Crippen LogP contribution in [0, 0.1) is 11.8 Å². The molecular formula is C10H14N2S. The van der Waals surface area contributed by atoms with E-state index in [9.17, 15) is 0 Å². The SMILES string of the molecule is CN(C)Cc1sccc1C#CCN. The average molecular weight is 194 g/mol. The van der Waals surface area contributed by atoms with Gasteiger partial charge >= 0.3 is 0 Å². The minimum atomic E-state index is 0.428. The predicted molar refractivity (Wildman–Crippen MR) is 57.6 cm³/mol. The lowest BCUT2D eigenvalue weighted by Gasteiger charge is -2.07. The maximum atomic E-state index is 5.32. The second-order valence-corrected chi connectivity index (χ2v) is 4.00. The fourth-order valence-corrected chi connectivity index (χ4v) is 1.96.